The summed E-state index contributed by atoms with van der Waals surface area (Å²) in [7, 11) is 0. The first-order chi connectivity index (χ1) is 13.7. The van der Waals surface area contributed by atoms with Gasteiger partial charge < -0.3 is 10.3 Å². The number of nitrogens with one attached hydrogen (secondary N) is 2. The molecule has 8 heteroatoms. The normalized spacial score (nSPS) is 15.0. The molecule has 0 spiro atoms. The lowest BCUT2D eigenvalue weighted by Crippen LogP contribution is -2.31. The van der Waals surface area contributed by atoms with Crippen molar-refractivity contribution in [2.24, 2.45) is 5.92 Å². The number of nitrogens with zero attached hydrogens (tertiary/aromatic N) is 3. The van der Waals surface area contributed by atoms with Gasteiger partial charge in [0.25, 0.3) is 5.56 Å². The zero-order chi connectivity index (χ0) is 19.3. The minimum atomic E-state index is -0.253. The third kappa shape index (κ3) is 4.27. The van der Waals surface area contributed by atoms with E-state index in [4.69, 9.17) is 0 Å². The summed E-state index contributed by atoms with van der Waals surface area (Å²) in [5.41, 5.74) is 1.06. The van der Waals surface area contributed by atoms with E-state index in [1.807, 2.05) is 30.3 Å². The number of carbonyl (C=O) groups excluding carboxylic acids is 1. The third-order valence-electron chi connectivity index (χ3n) is 5.07. The van der Waals surface area contributed by atoms with Crippen molar-refractivity contribution in [1.29, 1.82) is 0 Å². The number of fused-ring (bicyclic) bond motifs is 1. The average Bonchev–Trinajstić information content (AvgIpc) is 3.17. The summed E-state index contributed by atoms with van der Waals surface area (Å²) in [5, 5.41) is 8.14. The van der Waals surface area contributed by atoms with Gasteiger partial charge in [-0.15, -0.1) is 0 Å². The number of rotatable bonds is 6. The van der Waals surface area contributed by atoms with Gasteiger partial charge in [0.15, 0.2) is 10.8 Å². The van der Waals surface area contributed by atoms with Crippen LogP contribution in [0.5, 0.6) is 0 Å². The van der Waals surface area contributed by atoms with Crippen molar-refractivity contribution in [3.8, 4) is 5.69 Å². The molecule has 2 aromatic heterocycles. The van der Waals surface area contributed by atoms with Gasteiger partial charge in [-0.1, -0.05) is 49.2 Å². The van der Waals surface area contributed by atoms with Crippen LogP contribution in [-0.2, 0) is 4.79 Å². The number of aromatic amines is 1. The molecule has 0 atom stereocenters. The lowest BCUT2D eigenvalue weighted by molar-refractivity contribution is -0.118. The SMILES string of the molecule is O=C(CSc1nc2c(cnn2-c2ccccc2)c(=O)[nH]1)NCC1CCCCC1. The molecule has 7 nitrogen and oxygen atoms in total. The van der Waals surface area contributed by atoms with E-state index < -0.39 is 0 Å². The number of benzene rings is 1. The highest BCUT2D eigenvalue weighted by Gasteiger charge is 2.15. The van der Waals surface area contributed by atoms with Crippen LogP contribution < -0.4 is 10.9 Å². The molecule has 2 heterocycles. The Balaban J connectivity index is 1.44. The van der Waals surface area contributed by atoms with Crippen LogP contribution >= 0.6 is 11.8 Å². The topological polar surface area (TPSA) is 92.7 Å². The Morgan fingerprint density at radius 2 is 2.00 bits per heavy atom. The first kappa shape index (κ1) is 18.7. The number of hydrogen-bond donors (Lipinski definition) is 2. The highest BCUT2D eigenvalue weighted by molar-refractivity contribution is 7.99. The van der Waals surface area contributed by atoms with Gasteiger partial charge in [0.2, 0.25) is 5.91 Å². The number of carbonyl (C=O) groups is 1. The smallest absolute Gasteiger partial charge is 0.262 e. The van der Waals surface area contributed by atoms with E-state index in [1.54, 1.807) is 4.68 Å². The van der Waals surface area contributed by atoms with Crippen molar-refractivity contribution >= 4 is 28.7 Å². The molecule has 1 aliphatic carbocycles. The first-order valence-electron chi connectivity index (χ1n) is 9.63. The number of H-pyrrole nitrogens is 1. The first-order valence-corrected chi connectivity index (χ1v) is 10.6. The van der Waals surface area contributed by atoms with Crippen molar-refractivity contribution in [1.82, 2.24) is 25.1 Å². The highest BCUT2D eigenvalue weighted by Crippen LogP contribution is 2.23. The molecular weight excluding hydrogens is 374 g/mol. The summed E-state index contributed by atoms with van der Waals surface area (Å²) in [6.07, 6.45) is 7.73. The van der Waals surface area contributed by atoms with Crippen molar-refractivity contribution in [2.45, 2.75) is 37.3 Å². The quantitative estimate of drug-likeness (QED) is 0.493. The summed E-state index contributed by atoms with van der Waals surface area (Å²) >= 11 is 1.23. The maximum Gasteiger partial charge on any atom is 0.262 e. The summed E-state index contributed by atoms with van der Waals surface area (Å²) in [4.78, 5) is 31.8. The molecule has 1 aliphatic rings. The molecule has 1 aromatic carbocycles. The summed E-state index contributed by atoms with van der Waals surface area (Å²) in [6.45, 7) is 0.739. The van der Waals surface area contributed by atoms with E-state index in [0.717, 1.165) is 12.2 Å². The minimum absolute atomic E-state index is 0.0325. The van der Waals surface area contributed by atoms with Crippen molar-refractivity contribution in [2.75, 3.05) is 12.3 Å². The van der Waals surface area contributed by atoms with E-state index in [0.29, 0.717) is 22.1 Å². The van der Waals surface area contributed by atoms with Crippen molar-refractivity contribution in [3.63, 3.8) is 0 Å². The summed E-state index contributed by atoms with van der Waals surface area (Å²) in [6, 6.07) is 9.54. The predicted molar refractivity (Wildman–Crippen MR) is 110 cm³/mol. The molecule has 2 N–H and O–H groups in total. The highest BCUT2D eigenvalue weighted by atomic mass is 32.2. The Hall–Kier alpha value is -2.61. The van der Waals surface area contributed by atoms with Crippen LogP contribution in [0.3, 0.4) is 0 Å². The van der Waals surface area contributed by atoms with Gasteiger partial charge in [0.1, 0.15) is 5.39 Å². The molecule has 0 aliphatic heterocycles. The second-order valence-corrected chi connectivity index (χ2v) is 8.06. The molecule has 1 amide bonds. The van der Waals surface area contributed by atoms with Gasteiger partial charge in [-0.3, -0.25) is 9.59 Å². The van der Waals surface area contributed by atoms with Crippen molar-refractivity contribution < 1.29 is 4.79 Å². The molecule has 1 fully saturated rings. The van der Waals surface area contributed by atoms with Crippen LogP contribution in [0.15, 0.2) is 46.5 Å². The molecule has 4 rings (SSSR count). The van der Waals surface area contributed by atoms with Crippen LogP contribution in [0, 0.1) is 5.92 Å². The number of para-hydroxylation sites is 1. The molecule has 0 bridgehead atoms. The largest absolute Gasteiger partial charge is 0.355 e. The van der Waals surface area contributed by atoms with Gasteiger partial charge >= 0.3 is 0 Å². The van der Waals surface area contributed by atoms with E-state index in [2.05, 4.69) is 20.4 Å². The van der Waals surface area contributed by atoms with Crippen LogP contribution in [0.1, 0.15) is 32.1 Å². The lowest BCUT2D eigenvalue weighted by Gasteiger charge is -2.21. The van der Waals surface area contributed by atoms with Gasteiger partial charge in [-0.2, -0.15) is 5.10 Å². The maximum absolute atomic E-state index is 12.4. The van der Waals surface area contributed by atoms with E-state index in [-0.39, 0.29) is 17.2 Å². The predicted octanol–water partition coefficient (Wildman–Crippen LogP) is 2.90. The molecule has 1 saturated carbocycles. The summed E-state index contributed by atoms with van der Waals surface area (Å²) < 4.78 is 1.64. The molecule has 3 aromatic rings. The Labute approximate surface area is 166 Å². The van der Waals surface area contributed by atoms with Crippen LogP contribution in [0.2, 0.25) is 0 Å². The van der Waals surface area contributed by atoms with E-state index in [9.17, 15) is 9.59 Å². The molecule has 0 saturated heterocycles. The van der Waals surface area contributed by atoms with Gasteiger partial charge in [-0.25, -0.2) is 9.67 Å². The third-order valence-corrected chi connectivity index (χ3v) is 5.94. The van der Waals surface area contributed by atoms with E-state index >= 15 is 0 Å². The fourth-order valence-corrected chi connectivity index (χ4v) is 4.24. The second kappa shape index (κ2) is 8.60. The van der Waals surface area contributed by atoms with Crippen LogP contribution in [0.4, 0.5) is 0 Å². The monoisotopic (exact) mass is 397 g/mol. The zero-order valence-corrected chi connectivity index (χ0v) is 16.4. The van der Waals surface area contributed by atoms with Crippen LogP contribution in [0.25, 0.3) is 16.7 Å². The maximum atomic E-state index is 12.4. The Morgan fingerprint density at radius 3 is 2.79 bits per heavy atom. The lowest BCUT2D eigenvalue weighted by atomic mass is 9.89. The average molecular weight is 398 g/mol. The number of aromatic nitrogens is 4. The van der Waals surface area contributed by atoms with Gasteiger partial charge in [-0.05, 0) is 30.9 Å². The minimum Gasteiger partial charge on any atom is -0.355 e. The Kier molecular flexibility index (Phi) is 5.76. The second-order valence-electron chi connectivity index (χ2n) is 7.10. The van der Waals surface area contributed by atoms with E-state index in [1.165, 1.54) is 50.1 Å². The Morgan fingerprint density at radius 1 is 1.21 bits per heavy atom. The van der Waals surface area contributed by atoms with Crippen molar-refractivity contribution in [3.05, 3.63) is 46.9 Å². The standard InChI is InChI=1S/C20H23N5O2S/c26-17(21-11-14-7-3-1-4-8-14)13-28-20-23-18-16(19(27)24-20)12-22-25(18)15-9-5-2-6-10-15/h2,5-6,9-10,12,14H,1,3-4,7-8,11,13H2,(H,21,26)(H,23,24,27). The summed E-state index contributed by atoms with van der Waals surface area (Å²) in [5.74, 6) is 0.785. The molecule has 146 valence electrons. The zero-order valence-electron chi connectivity index (χ0n) is 15.6. The molecular formula is C20H23N5O2S. The molecule has 0 unspecified atom stereocenters. The van der Waals surface area contributed by atoms with Gasteiger partial charge in [0.05, 0.1) is 17.6 Å². The molecule has 28 heavy (non-hydrogen) atoms. The van der Waals surface area contributed by atoms with Gasteiger partial charge in [0, 0.05) is 6.54 Å². The number of amides is 1. The molecule has 0 radical (unpaired) electrons. The number of hydrogen-bond acceptors (Lipinski definition) is 5. The fraction of sp³-hybridized carbons (Fsp3) is 0.400. The Bertz CT molecular complexity index is 1010. The number of thioether (sulfide) groups is 1. The fourth-order valence-electron chi connectivity index (χ4n) is 3.56. The van der Waals surface area contributed by atoms with Crippen LogP contribution in [-0.4, -0.2) is 38.0 Å².